The SMILES string of the molecule is CNCc1nc(C(C)C)sc1O. The van der Waals surface area contributed by atoms with Crippen molar-refractivity contribution in [1.29, 1.82) is 0 Å². The molecule has 1 aromatic heterocycles. The van der Waals surface area contributed by atoms with Gasteiger partial charge in [-0.3, -0.25) is 0 Å². The Morgan fingerprint density at radius 1 is 1.58 bits per heavy atom. The van der Waals surface area contributed by atoms with E-state index in [1.54, 1.807) is 0 Å². The van der Waals surface area contributed by atoms with E-state index in [0.717, 1.165) is 10.7 Å². The Labute approximate surface area is 76.5 Å². The Bertz CT molecular complexity index is 258. The van der Waals surface area contributed by atoms with Gasteiger partial charge < -0.3 is 10.4 Å². The van der Waals surface area contributed by atoms with E-state index in [1.165, 1.54) is 11.3 Å². The van der Waals surface area contributed by atoms with Gasteiger partial charge in [0.05, 0.1) is 5.01 Å². The van der Waals surface area contributed by atoms with Crippen molar-refractivity contribution in [3.05, 3.63) is 10.7 Å². The van der Waals surface area contributed by atoms with E-state index in [-0.39, 0.29) is 0 Å². The average Bonchev–Trinajstić information content (AvgIpc) is 2.34. The number of aromatic hydroxyl groups is 1. The molecule has 0 spiro atoms. The van der Waals surface area contributed by atoms with Gasteiger partial charge in [-0.15, -0.1) is 0 Å². The van der Waals surface area contributed by atoms with Crippen molar-refractivity contribution in [3.63, 3.8) is 0 Å². The number of hydrogen-bond donors (Lipinski definition) is 2. The monoisotopic (exact) mass is 186 g/mol. The maximum absolute atomic E-state index is 9.43. The number of hydrogen-bond acceptors (Lipinski definition) is 4. The fraction of sp³-hybridized carbons (Fsp3) is 0.625. The Balaban J connectivity index is 2.85. The van der Waals surface area contributed by atoms with E-state index >= 15 is 0 Å². The van der Waals surface area contributed by atoms with Gasteiger partial charge >= 0.3 is 0 Å². The second kappa shape index (κ2) is 3.87. The fourth-order valence-corrected chi connectivity index (χ4v) is 1.72. The molecular weight excluding hydrogens is 172 g/mol. The molecule has 1 rings (SSSR count). The number of nitrogens with zero attached hydrogens (tertiary/aromatic N) is 1. The van der Waals surface area contributed by atoms with E-state index in [9.17, 15) is 5.11 Å². The topological polar surface area (TPSA) is 45.2 Å². The zero-order chi connectivity index (χ0) is 9.14. The molecule has 68 valence electrons. The van der Waals surface area contributed by atoms with Crippen LogP contribution in [0, 0.1) is 0 Å². The number of aromatic nitrogens is 1. The largest absolute Gasteiger partial charge is 0.498 e. The Morgan fingerprint density at radius 3 is 2.67 bits per heavy atom. The molecule has 1 aromatic rings. The zero-order valence-corrected chi connectivity index (χ0v) is 8.40. The van der Waals surface area contributed by atoms with E-state index in [2.05, 4.69) is 24.1 Å². The van der Waals surface area contributed by atoms with Gasteiger partial charge in [-0.1, -0.05) is 25.2 Å². The van der Waals surface area contributed by atoms with E-state index < -0.39 is 0 Å². The molecule has 0 aliphatic carbocycles. The minimum Gasteiger partial charge on any atom is -0.498 e. The lowest BCUT2D eigenvalue weighted by Crippen LogP contribution is -2.05. The summed E-state index contributed by atoms with van der Waals surface area (Å²) in [5.41, 5.74) is 0.756. The van der Waals surface area contributed by atoms with Gasteiger partial charge in [0.25, 0.3) is 0 Å². The molecule has 0 saturated carbocycles. The predicted molar refractivity (Wildman–Crippen MR) is 50.6 cm³/mol. The highest BCUT2D eigenvalue weighted by Crippen LogP contribution is 2.29. The molecule has 0 unspecified atom stereocenters. The first-order chi connectivity index (χ1) is 5.65. The molecular formula is C8H14N2OS. The summed E-state index contributed by atoms with van der Waals surface area (Å²) < 4.78 is 0. The van der Waals surface area contributed by atoms with Crippen LogP contribution in [0.2, 0.25) is 0 Å². The summed E-state index contributed by atoms with van der Waals surface area (Å²) in [4.78, 5) is 4.31. The molecule has 0 fully saturated rings. The molecule has 0 amide bonds. The van der Waals surface area contributed by atoms with E-state index in [4.69, 9.17) is 0 Å². The van der Waals surface area contributed by atoms with Crippen LogP contribution in [0.1, 0.15) is 30.5 Å². The van der Waals surface area contributed by atoms with Gasteiger partial charge in [-0.2, -0.15) is 0 Å². The van der Waals surface area contributed by atoms with Crippen LogP contribution in [-0.4, -0.2) is 17.1 Å². The highest BCUT2D eigenvalue weighted by atomic mass is 32.1. The lowest BCUT2D eigenvalue weighted by Gasteiger charge is -1.95. The Morgan fingerprint density at radius 2 is 2.25 bits per heavy atom. The smallest absolute Gasteiger partial charge is 0.196 e. The molecule has 0 saturated heterocycles. The zero-order valence-electron chi connectivity index (χ0n) is 7.59. The van der Waals surface area contributed by atoms with Gasteiger partial charge in [0.15, 0.2) is 5.06 Å². The van der Waals surface area contributed by atoms with Crippen molar-refractivity contribution in [2.45, 2.75) is 26.3 Å². The number of thiazole rings is 1. The minimum absolute atomic E-state index is 0.341. The summed E-state index contributed by atoms with van der Waals surface area (Å²) in [5.74, 6) is 0.395. The molecule has 3 nitrogen and oxygen atoms in total. The summed E-state index contributed by atoms with van der Waals surface area (Å²) >= 11 is 1.37. The molecule has 2 N–H and O–H groups in total. The predicted octanol–water partition coefficient (Wildman–Crippen LogP) is 1.69. The first kappa shape index (κ1) is 9.48. The highest BCUT2D eigenvalue weighted by Gasteiger charge is 2.11. The van der Waals surface area contributed by atoms with Crippen molar-refractivity contribution in [1.82, 2.24) is 10.3 Å². The van der Waals surface area contributed by atoms with Crippen molar-refractivity contribution in [2.24, 2.45) is 0 Å². The fourth-order valence-electron chi connectivity index (χ4n) is 0.891. The quantitative estimate of drug-likeness (QED) is 0.755. The van der Waals surface area contributed by atoms with E-state index in [0.29, 0.717) is 17.5 Å². The van der Waals surface area contributed by atoms with Crippen LogP contribution in [0.3, 0.4) is 0 Å². The summed E-state index contributed by atoms with van der Waals surface area (Å²) in [7, 11) is 1.84. The molecule has 0 aliphatic rings. The lowest BCUT2D eigenvalue weighted by atomic mass is 10.2. The van der Waals surface area contributed by atoms with Crippen LogP contribution in [-0.2, 0) is 6.54 Å². The van der Waals surface area contributed by atoms with Crippen molar-refractivity contribution in [2.75, 3.05) is 7.05 Å². The third-order valence-electron chi connectivity index (χ3n) is 1.53. The maximum Gasteiger partial charge on any atom is 0.196 e. The third kappa shape index (κ3) is 1.95. The van der Waals surface area contributed by atoms with E-state index in [1.807, 2.05) is 7.05 Å². The second-order valence-corrected chi connectivity index (χ2v) is 4.00. The molecule has 0 radical (unpaired) electrons. The van der Waals surface area contributed by atoms with Gasteiger partial charge in [0, 0.05) is 12.5 Å². The first-order valence-electron chi connectivity index (χ1n) is 3.98. The number of nitrogens with one attached hydrogen (secondary N) is 1. The summed E-state index contributed by atoms with van der Waals surface area (Å²) in [5, 5.41) is 13.7. The molecule has 0 aliphatic heterocycles. The van der Waals surface area contributed by atoms with Crippen molar-refractivity contribution < 1.29 is 5.11 Å². The minimum atomic E-state index is 0.341. The number of rotatable bonds is 3. The first-order valence-corrected chi connectivity index (χ1v) is 4.80. The summed E-state index contributed by atoms with van der Waals surface area (Å²) in [6, 6.07) is 0. The molecule has 0 atom stereocenters. The van der Waals surface area contributed by atoms with Gasteiger partial charge in [-0.05, 0) is 7.05 Å². The summed E-state index contributed by atoms with van der Waals surface area (Å²) in [6.45, 7) is 4.78. The van der Waals surface area contributed by atoms with Gasteiger partial charge in [0.1, 0.15) is 5.69 Å². The average molecular weight is 186 g/mol. The van der Waals surface area contributed by atoms with Crippen LogP contribution in [0.4, 0.5) is 0 Å². The van der Waals surface area contributed by atoms with Crippen LogP contribution in [0.15, 0.2) is 0 Å². The highest BCUT2D eigenvalue weighted by molar-refractivity contribution is 7.13. The Hall–Kier alpha value is -0.610. The normalized spacial score (nSPS) is 11.0. The van der Waals surface area contributed by atoms with Gasteiger partial charge in [-0.25, -0.2) is 4.98 Å². The van der Waals surface area contributed by atoms with Crippen LogP contribution < -0.4 is 5.32 Å². The van der Waals surface area contributed by atoms with Crippen molar-refractivity contribution in [3.8, 4) is 5.06 Å². The van der Waals surface area contributed by atoms with Crippen LogP contribution in [0.5, 0.6) is 5.06 Å². The standard InChI is InChI=1S/C8H14N2OS/c1-5(2)7-10-6(4-9-3)8(11)12-7/h5,9,11H,4H2,1-3H3. The molecule has 1 heterocycles. The molecule has 4 heteroatoms. The molecule has 0 bridgehead atoms. The van der Waals surface area contributed by atoms with Crippen LogP contribution >= 0.6 is 11.3 Å². The molecule has 12 heavy (non-hydrogen) atoms. The van der Waals surface area contributed by atoms with Gasteiger partial charge in [0.2, 0.25) is 0 Å². The Kier molecular flexibility index (Phi) is 3.05. The lowest BCUT2D eigenvalue weighted by molar-refractivity contribution is 0.479. The molecule has 0 aromatic carbocycles. The van der Waals surface area contributed by atoms with Crippen molar-refractivity contribution >= 4 is 11.3 Å². The second-order valence-electron chi connectivity index (χ2n) is 2.99. The van der Waals surface area contributed by atoms with Crippen LogP contribution in [0.25, 0.3) is 0 Å². The summed E-state index contributed by atoms with van der Waals surface area (Å²) in [6.07, 6.45) is 0. The third-order valence-corrected chi connectivity index (χ3v) is 2.73. The maximum atomic E-state index is 9.43.